The van der Waals surface area contributed by atoms with E-state index in [0.29, 0.717) is 17.4 Å². The Hall–Kier alpha value is -2.88. The van der Waals surface area contributed by atoms with E-state index in [0.717, 1.165) is 57.7 Å². The first kappa shape index (κ1) is 30.1. The molecule has 5 rings (SSSR count). The number of pyridine rings is 1. The van der Waals surface area contributed by atoms with Gasteiger partial charge in [0.05, 0.1) is 11.2 Å². The number of benzene rings is 3. The summed E-state index contributed by atoms with van der Waals surface area (Å²) < 4.78 is 6.11. The molecule has 2 aromatic heterocycles. The number of aryl methyl sites for hydroxylation is 1. The molecule has 2 heterocycles. The maximum atomic E-state index is 11.1. The van der Waals surface area contributed by atoms with Gasteiger partial charge in [-0.05, 0) is 66.5 Å². The summed E-state index contributed by atoms with van der Waals surface area (Å²) in [6, 6.07) is 25.7. The first-order valence-electron chi connectivity index (χ1n) is 12.6. The van der Waals surface area contributed by atoms with E-state index in [9.17, 15) is 9.90 Å². The van der Waals surface area contributed by atoms with Crippen molar-refractivity contribution in [2.45, 2.75) is 31.1 Å². The van der Waals surface area contributed by atoms with E-state index in [2.05, 4.69) is 32.3 Å². The van der Waals surface area contributed by atoms with Gasteiger partial charge in [-0.1, -0.05) is 60.1 Å². The van der Waals surface area contributed by atoms with Crippen molar-refractivity contribution in [1.82, 2.24) is 20.2 Å². The molecule has 0 aliphatic heterocycles. The third kappa shape index (κ3) is 8.08. The molecule has 0 saturated heterocycles. The molecule has 0 saturated carbocycles. The number of halogens is 1. The Kier molecular flexibility index (Phi) is 11.0. The number of ether oxygens (including phenoxy) is 1. The van der Waals surface area contributed by atoms with Gasteiger partial charge in [-0.2, -0.15) is 16.9 Å². The molecule has 0 spiro atoms. The van der Waals surface area contributed by atoms with Gasteiger partial charge in [0.25, 0.3) is 0 Å². The third-order valence-corrected chi connectivity index (χ3v) is 7.90. The summed E-state index contributed by atoms with van der Waals surface area (Å²) in [5, 5.41) is 19.7. The Labute approximate surface area is 264 Å². The summed E-state index contributed by atoms with van der Waals surface area (Å²) in [4.78, 5) is 20.1. The molecule has 198 valence electrons. The number of rotatable bonds is 12. The summed E-state index contributed by atoms with van der Waals surface area (Å²) in [7, 11) is 0. The molecule has 0 amide bonds. The van der Waals surface area contributed by atoms with Crippen LogP contribution in [0.1, 0.15) is 34.9 Å². The molecular weight excluding hydrogens is 555 g/mol. The number of H-pyrrole nitrogens is 1. The minimum absolute atomic E-state index is 0. The monoisotopic (exact) mass is 580 g/mol. The Morgan fingerprint density at radius 1 is 1.05 bits per heavy atom. The largest absolute Gasteiger partial charge is 1.00 e. The van der Waals surface area contributed by atoms with Crippen LogP contribution in [0.15, 0.2) is 85.2 Å². The number of carbonyl (C=O) groups excluding carboxylic acids is 1. The molecule has 0 aliphatic rings. The molecule has 40 heavy (non-hydrogen) atoms. The molecule has 0 radical (unpaired) electrons. The standard InChI is InChI=1S/C30H27ClN4O3S.Na/c31-23-11-8-21-9-12-24(34-27(21)17-23)18-38-25-6-3-5-22(16-25)28(39-15-14-29(36)37)13-10-20-4-1-2-7-26(20)30-32-19-33-35-30;/h1-9,11-12,16-17,19,28H,10,13-15,18H2,(H,36,37)(H,32,33,35);/q;+1/p-1. The minimum Gasteiger partial charge on any atom is -0.550 e. The fourth-order valence-corrected chi connectivity index (χ4v) is 5.76. The number of aromatic amines is 1. The van der Waals surface area contributed by atoms with Crippen LogP contribution in [-0.4, -0.2) is 31.9 Å². The van der Waals surface area contributed by atoms with Gasteiger partial charge < -0.3 is 14.6 Å². The van der Waals surface area contributed by atoms with Gasteiger partial charge in [-0.3, -0.25) is 5.10 Å². The molecule has 0 fully saturated rings. The Morgan fingerprint density at radius 2 is 1.90 bits per heavy atom. The van der Waals surface area contributed by atoms with Crippen LogP contribution in [0, 0.1) is 0 Å². The number of thioether (sulfide) groups is 1. The van der Waals surface area contributed by atoms with Crippen molar-refractivity contribution in [3.63, 3.8) is 0 Å². The minimum atomic E-state index is -1.04. The SMILES string of the molecule is O=C([O-])CCSC(CCc1ccccc1-c1ncn[nH]1)c1cccc(OCc2ccc3ccc(Cl)cc3n2)c1.[Na+]. The smallest absolute Gasteiger partial charge is 0.550 e. The van der Waals surface area contributed by atoms with E-state index in [1.807, 2.05) is 66.7 Å². The quantitative estimate of drug-likeness (QED) is 0.226. The number of hydrogen-bond acceptors (Lipinski definition) is 7. The molecule has 0 bridgehead atoms. The predicted octanol–water partition coefficient (Wildman–Crippen LogP) is 2.80. The van der Waals surface area contributed by atoms with Crippen molar-refractivity contribution >= 4 is 40.2 Å². The number of carboxylic acid groups (broad SMARTS) is 1. The number of aromatic nitrogens is 4. The van der Waals surface area contributed by atoms with Gasteiger partial charge in [-0.15, -0.1) is 0 Å². The molecule has 10 heteroatoms. The average Bonchev–Trinajstić information content (AvgIpc) is 3.49. The maximum Gasteiger partial charge on any atom is 1.00 e. The Morgan fingerprint density at radius 3 is 2.73 bits per heavy atom. The second-order valence-electron chi connectivity index (χ2n) is 9.01. The van der Waals surface area contributed by atoms with Crippen LogP contribution in [0.2, 0.25) is 5.02 Å². The number of fused-ring (bicyclic) bond motifs is 1. The number of hydrogen-bond donors (Lipinski definition) is 1. The molecule has 3 aromatic carbocycles. The molecule has 1 atom stereocenters. The number of carbonyl (C=O) groups is 1. The number of aliphatic carboxylic acids is 1. The topological polar surface area (TPSA) is 104 Å². The van der Waals surface area contributed by atoms with E-state index in [1.54, 1.807) is 11.8 Å². The molecule has 7 nitrogen and oxygen atoms in total. The van der Waals surface area contributed by atoms with Gasteiger partial charge in [0.15, 0.2) is 5.82 Å². The molecule has 0 aliphatic carbocycles. The molecule has 5 aromatic rings. The zero-order valence-corrected chi connectivity index (χ0v) is 25.6. The zero-order valence-electron chi connectivity index (χ0n) is 22.0. The second kappa shape index (κ2) is 14.7. The van der Waals surface area contributed by atoms with Crippen molar-refractivity contribution < 1.29 is 44.2 Å². The first-order valence-corrected chi connectivity index (χ1v) is 14.0. The fourth-order valence-electron chi connectivity index (χ4n) is 4.40. The Bertz CT molecular complexity index is 1570. The zero-order chi connectivity index (χ0) is 27.0. The Balaban J connectivity index is 0.00000370. The summed E-state index contributed by atoms with van der Waals surface area (Å²) >= 11 is 7.74. The van der Waals surface area contributed by atoms with Crippen LogP contribution in [0.5, 0.6) is 5.75 Å². The number of nitrogens with one attached hydrogen (secondary N) is 1. The van der Waals surface area contributed by atoms with Gasteiger partial charge in [0.2, 0.25) is 0 Å². The summed E-state index contributed by atoms with van der Waals surface area (Å²) in [5.74, 6) is 0.878. The van der Waals surface area contributed by atoms with Crippen molar-refractivity contribution in [2.75, 3.05) is 5.75 Å². The van der Waals surface area contributed by atoms with Crippen molar-refractivity contribution in [3.05, 3.63) is 107 Å². The van der Waals surface area contributed by atoms with Crippen LogP contribution in [0.25, 0.3) is 22.3 Å². The van der Waals surface area contributed by atoms with E-state index < -0.39 is 5.97 Å². The second-order valence-corrected chi connectivity index (χ2v) is 10.8. The third-order valence-electron chi connectivity index (χ3n) is 6.32. The summed E-state index contributed by atoms with van der Waals surface area (Å²) in [5.41, 5.74) is 4.86. The molecular formula is C30H26ClN4NaO3S. The van der Waals surface area contributed by atoms with Crippen LogP contribution in [-0.2, 0) is 17.8 Å². The predicted molar refractivity (Wildman–Crippen MR) is 152 cm³/mol. The molecule has 1 N–H and O–H groups in total. The van der Waals surface area contributed by atoms with Crippen LogP contribution >= 0.6 is 23.4 Å². The van der Waals surface area contributed by atoms with E-state index in [-0.39, 0.29) is 41.2 Å². The normalized spacial score (nSPS) is 11.6. The van der Waals surface area contributed by atoms with E-state index in [1.165, 1.54) is 6.33 Å². The maximum absolute atomic E-state index is 11.1. The van der Waals surface area contributed by atoms with Crippen LogP contribution < -0.4 is 39.4 Å². The van der Waals surface area contributed by atoms with Gasteiger partial charge >= 0.3 is 29.6 Å². The summed E-state index contributed by atoms with van der Waals surface area (Å²) in [6.45, 7) is 0.318. The number of nitrogens with zero attached hydrogens (tertiary/aromatic N) is 3. The van der Waals surface area contributed by atoms with Gasteiger partial charge in [0, 0.05) is 27.2 Å². The average molecular weight is 581 g/mol. The summed E-state index contributed by atoms with van der Waals surface area (Å²) in [6.07, 6.45) is 3.09. The number of carboxylic acids is 1. The first-order chi connectivity index (χ1) is 19.0. The van der Waals surface area contributed by atoms with Crippen LogP contribution in [0.4, 0.5) is 0 Å². The van der Waals surface area contributed by atoms with Crippen molar-refractivity contribution in [3.8, 4) is 17.1 Å². The molecule has 1 unspecified atom stereocenters. The fraction of sp³-hybridized carbons (Fsp3) is 0.200. The van der Waals surface area contributed by atoms with Crippen LogP contribution in [0.3, 0.4) is 0 Å². The van der Waals surface area contributed by atoms with Crippen molar-refractivity contribution in [1.29, 1.82) is 0 Å². The van der Waals surface area contributed by atoms with E-state index in [4.69, 9.17) is 16.3 Å². The van der Waals surface area contributed by atoms with Crippen molar-refractivity contribution in [2.24, 2.45) is 0 Å². The van der Waals surface area contributed by atoms with Gasteiger partial charge in [-0.25, -0.2) is 9.97 Å². The van der Waals surface area contributed by atoms with Gasteiger partial charge in [0.1, 0.15) is 18.7 Å². The van der Waals surface area contributed by atoms with E-state index >= 15 is 0 Å².